The molecule has 0 saturated heterocycles. The maximum absolute atomic E-state index is 12.6. The highest BCUT2D eigenvalue weighted by molar-refractivity contribution is 7.09. The molecule has 0 aliphatic rings. The van der Waals surface area contributed by atoms with Crippen molar-refractivity contribution in [2.24, 2.45) is 5.73 Å². The summed E-state index contributed by atoms with van der Waals surface area (Å²) >= 11 is 6.98. The van der Waals surface area contributed by atoms with E-state index in [-0.39, 0.29) is 22.9 Å². The fourth-order valence-corrected chi connectivity index (χ4v) is 2.31. The van der Waals surface area contributed by atoms with Crippen LogP contribution in [0.3, 0.4) is 0 Å². The van der Waals surface area contributed by atoms with E-state index in [1.165, 1.54) is 16.7 Å². The molecule has 0 fully saturated rings. The Bertz CT molecular complexity index is 672. The van der Waals surface area contributed by atoms with Crippen LogP contribution in [0.4, 0.5) is 18.9 Å². The van der Waals surface area contributed by atoms with Crippen molar-refractivity contribution in [3.63, 3.8) is 0 Å². The third-order valence-corrected chi connectivity index (χ3v) is 3.70. The van der Waals surface area contributed by atoms with Crippen LogP contribution in [-0.2, 0) is 12.7 Å². The van der Waals surface area contributed by atoms with Gasteiger partial charge >= 0.3 is 6.18 Å². The Labute approximate surface area is 126 Å². The van der Waals surface area contributed by atoms with E-state index in [9.17, 15) is 18.0 Å². The minimum atomic E-state index is -4.52. The van der Waals surface area contributed by atoms with Gasteiger partial charge in [-0.15, -0.1) is 11.3 Å². The quantitative estimate of drug-likeness (QED) is 0.901. The van der Waals surface area contributed by atoms with E-state index in [0.717, 1.165) is 18.2 Å². The van der Waals surface area contributed by atoms with Crippen LogP contribution in [-0.4, -0.2) is 10.9 Å². The van der Waals surface area contributed by atoms with Crippen LogP contribution < -0.4 is 11.1 Å². The lowest BCUT2D eigenvalue weighted by atomic mass is 10.2. The smallest absolute Gasteiger partial charge is 0.325 e. The second kappa shape index (κ2) is 6.00. The molecule has 21 heavy (non-hydrogen) atoms. The lowest BCUT2D eigenvalue weighted by Gasteiger charge is -2.11. The number of hydrogen-bond donors (Lipinski definition) is 2. The first-order chi connectivity index (χ1) is 9.81. The maximum Gasteiger partial charge on any atom is 0.416 e. The normalized spacial score (nSPS) is 11.5. The average Bonchev–Trinajstić information content (AvgIpc) is 2.88. The number of carbonyl (C=O) groups excluding carboxylic acids is 1. The van der Waals surface area contributed by atoms with E-state index in [2.05, 4.69) is 10.3 Å². The van der Waals surface area contributed by atoms with Gasteiger partial charge < -0.3 is 11.1 Å². The van der Waals surface area contributed by atoms with Crippen molar-refractivity contribution in [1.82, 2.24) is 4.98 Å². The first kappa shape index (κ1) is 15.7. The molecule has 9 heteroatoms. The molecule has 0 bridgehead atoms. The summed E-state index contributed by atoms with van der Waals surface area (Å²) < 4.78 is 37.9. The van der Waals surface area contributed by atoms with E-state index in [1.54, 1.807) is 0 Å². The predicted octanol–water partition coefficient (Wildman–Crippen LogP) is 3.53. The van der Waals surface area contributed by atoms with Crippen LogP contribution >= 0.6 is 22.9 Å². The molecule has 2 rings (SSSR count). The molecule has 1 amide bonds. The van der Waals surface area contributed by atoms with Crippen LogP contribution in [0.2, 0.25) is 5.02 Å². The molecule has 0 unspecified atom stereocenters. The van der Waals surface area contributed by atoms with Crippen LogP contribution in [0.25, 0.3) is 0 Å². The zero-order chi connectivity index (χ0) is 15.6. The number of halogens is 4. The highest BCUT2D eigenvalue weighted by Gasteiger charge is 2.31. The van der Waals surface area contributed by atoms with Crippen molar-refractivity contribution in [2.75, 3.05) is 5.32 Å². The molecule has 0 atom stereocenters. The van der Waals surface area contributed by atoms with Gasteiger partial charge in [-0.2, -0.15) is 13.2 Å². The van der Waals surface area contributed by atoms with Gasteiger partial charge in [0, 0.05) is 11.9 Å². The summed E-state index contributed by atoms with van der Waals surface area (Å²) in [6.45, 7) is 0.183. The molecule has 0 aliphatic carbocycles. The van der Waals surface area contributed by atoms with Gasteiger partial charge in [0.2, 0.25) is 0 Å². The SMILES string of the molecule is NCc1nc(C(=O)Nc2cc(C(F)(F)F)ccc2Cl)cs1. The number of benzene rings is 1. The number of carbonyl (C=O) groups is 1. The molecule has 1 heterocycles. The summed E-state index contributed by atoms with van der Waals surface area (Å²) in [6.07, 6.45) is -4.52. The van der Waals surface area contributed by atoms with Crippen LogP contribution in [0, 0.1) is 0 Å². The van der Waals surface area contributed by atoms with Gasteiger partial charge in [-0.05, 0) is 18.2 Å². The lowest BCUT2D eigenvalue weighted by Crippen LogP contribution is -2.14. The topological polar surface area (TPSA) is 68.0 Å². The first-order valence-electron chi connectivity index (χ1n) is 5.64. The molecule has 1 aromatic heterocycles. The third kappa shape index (κ3) is 3.72. The molecule has 3 N–H and O–H groups in total. The predicted molar refractivity (Wildman–Crippen MR) is 74.4 cm³/mol. The zero-order valence-corrected chi connectivity index (χ0v) is 11.9. The van der Waals surface area contributed by atoms with Gasteiger partial charge in [-0.1, -0.05) is 11.6 Å². The molecule has 4 nitrogen and oxygen atoms in total. The van der Waals surface area contributed by atoms with Gasteiger partial charge in [0.25, 0.3) is 5.91 Å². The van der Waals surface area contributed by atoms with Crippen LogP contribution in [0.1, 0.15) is 21.1 Å². The highest BCUT2D eigenvalue weighted by Crippen LogP contribution is 2.33. The molecule has 0 saturated carbocycles. The van der Waals surface area contributed by atoms with Crippen molar-refractivity contribution >= 4 is 34.5 Å². The molecule has 112 valence electrons. The number of rotatable bonds is 3. The Morgan fingerprint density at radius 2 is 2.14 bits per heavy atom. The Morgan fingerprint density at radius 1 is 1.43 bits per heavy atom. The summed E-state index contributed by atoms with van der Waals surface area (Å²) in [7, 11) is 0. The third-order valence-electron chi connectivity index (χ3n) is 2.50. The van der Waals surface area contributed by atoms with Crippen LogP contribution in [0.15, 0.2) is 23.6 Å². The van der Waals surface area contributed by atoms with E-state index in [0.29, 0.717) is 5.01 Å². The molecule has 2 aromatic rings. The largest absolute Gasteiger partial charge is 0.416 e. The van der Waals surface area contributed by atoms with Gasteiger partial charge in [-0.3, -0.25) is 4.79 Å². The summed E-state index contributed by atoms with van der Waals surface area (Å²) in [5, 5.41) is 4.34. The number of nitrogens with zero attached hydrogens (tertiary/aromatic N) is 1. The van der Waals surface area contributed by atoms with Gasteiger partial charge in [0.15, 0.2) is 0 Å². The number of nitrogens with one attached hydrogen (secondary N) is 1. The number of anilines is 1. The summed E-state index contributed by atoms with van der Waals surface area (Å²) in [6, 6.07) is 2.69. The first-order valence-corrected chi connectivity index (χ1v) is 6.89. The Morgan fingerprint density at radius 3 is 2.71 bits per heavy atom. The second-order valence-electron chi connectivity index (χ2n) is 3.98. The number of aromatic nitrogens is 1. The van der Waals surface area contributed by atoms with Crippen molar-refractivity contribution in [3.05, 3.63) is 44.9 Å². The van der Waals surface area contributed by atoms with Crippen molar-refractivity contribution in [2.45, 2.75) is 12.7 Å². The zero-order valence-electron chi connectivity index (χ0n) is 10.4. The van der Waals surface area contributed by atoms with E-state index in [4.69, 9.17) is 17.3 Å². The average molecular weight is 336 g/mol. The van der Waals surface area contributed by atoms with E-state index in [1.807, 2.05) is 0 Å². The molecular weight excluding hydrogens is 327 g/mol. The summed E-state index contributed by atoms with van der Waals surface area (Å²) in [5.74, 6) is -0.646. The molecule has 0 radical (unpaired) electrons. The monoisotopic (exact) mass is 335 g/mol. The summed E-state index contributed by atoms with van der Waals surface area (Å²) in [5.41, 5.74) is 4.43. The Balaban J connectivity index is 2.24. The standard InChI is InChI=1S/C12H9ClF3N3OS/c13-7-2-1-6(12(14,15)16)3-8(7)19-11(20)9-5-21-10(4-17)18-9/h1-3,5H,4,17H2,(H,19,20). The maximum atomic E-state index is 12.6. The summed E-state index contributed by atoms with van der Waals surface area (Å²) in [4.78, 5) is 15.9. The molecular formula is C12H9ClF3N3OS. The number of alkyl halides is 3. The Kier molecular flexibility index (Phi) is 4.50. The fraction of sp³-hybridized carbons (Fsp3) is 0.167. The fourth-order valence-electron chi connectivity index (χ4n) is 1.49. The van der Waals surface area contributed by atoms with Crippen molar-refractivity contribution in [1.29, 1.82) is 0 Å². The van der Waals surface area contributed by atoms with Gasteiger partial charge in [0.1, 0.15) is 10.7 Å². The molecule has 1 aromatic carbocycles. The molecule has 0 spiro atoms. The van der Waals surface area contributed by atoms with Crippen molar-refractivity contribution < 1.29 is 18.0 Å². The Hall–Kier alpha value is -1.64. The second-order valence-corrected chi connectivity index (χ2v) is 5.33. The number of amides is 1. The van der Waals surface area contributed by atoms with Gasteiger partial charge in [-0.25, -0.2) is 4.98 Å². The minimum absolute atomic E-state index is 0.00521. The van der Waals surface area contributed by atoms with Crippen LogP contribution in [0.5, 0.6) is 0 Å². The molecule has 0 aliphatic heterocycles. The van der Waals surface area contributed by atoms with Crippen molar-refractivity contribution in [3.8, 4) is 0 Å². The number of thiazole rings is 1. The number of nitrogens with two attached hydrogens (primary N) is 1. The van der Waals surface area contributed by atoms with E-state index < -0.39 is 17.6 Å². The minimum Gasteiger partial charge on any atom is -0.325 e. The van der Waals surface area contributed by atoms with Gasteiger partial charge in [0.05, 0.1) is 16.3 Å². The highest BCUT2D eigenvalue weighted by atomic mass is 35.5. The number of hydrogen-bond acceptors (Lipinski definition) is 4. The lowest BCUT2D eigenvalue weighted by molar-refractivity contribution is -0.137. The van der Waals surface area contributed by atoms with E-state index >= 15 is 0 Å².